The fourth-order valence-electron chi connectivity index (χ4n) is 4.29. The topological polar surface area (TPSA) is 8.88 Å². The Morgan fingerprint density at radius 2 is 1.67 bits per heavy atom. The molecule has 0 radical (unpaired) electrons. The van der Waals surface area contributed by atoms with Crippen LogP contribution in [0.5, 0.6) is 0 Å². The Kier molecular flexibility index (Phi) is 5.36. The van der Waals surface area contributed by atoms with E-state index in [-0.39, 0.29) is 0 Å². The van der Waals surface area contributed by atoms with E-state index in [9.17, 15) is 0 Å². The number of benzene rings is 1. The van der Waals surface area contributed by atoms with Crippen molar-refractivity contribution in [3.05, 3.63) is 34.3 Å². The molecule has 116 valence electrons. The molecule has 3 rings (SSSR count). The first-order chi connectivity index (χ1) is 10.2. The van der Waals surface area contributed by atoms with Crippen LogP contribution in [-0.4, -0.2) is 32.2 Å². The lowest BCUT2D eigenvalue weighted by Crippen LogP contribution is -3.29. The predicted octanol–water partition coefficient (Wildman–Crippen LogP) is 1.31. The van der Waals surface area contributed by atoms with E-state index in [4.69, 9.17) is 0 Å². The van der Waals surface area contributed by atoms with Crippen molar-refractivity contribution in [2.24, 2.45) is 5.92 Å². The largest absolute Gasteiger partial charge is 0.323 e. The molecule has 1 aliphatic heterocycles. The summed E-state index contributed by atoms with van der Waals surface area (Å²) in [6.45, 7) is 9.11. The van der Waals surface area contributed by atoms with Gasteiger partial charge in [0.2, 0.25) is 0 Å². The third-order valence-electron chi connectivity index (χ3n) is 5.60. The van der Waals surface area contributed by atoms with E-state index in [1.54, 1.807) is 4.90 Å². The van der Waals surface area contributed by atoms with E-state index < -0.39 is 0 Å². The molecule has 1 saturated carbocycles. The van der Waals surface area contributed by atoms with E-state index in [2.05, 4.69) is 47.1 Å². The molecule has 1 aliphatic carbocycles. The first kappa shape index (κ1) is 15.5. The minimum absolute atomic E-state index is 0.946. The molecule has 2 N–H and O–H groups in total. The van der Waals surface area contributed by atoms with Crippen LogP contribution in [0.4, 0.5) is 0 Å². The van der Waals surface area contributed by atoms with Gasteiger partial charge >= 0.3 is 0 Å². The predicted molar refractivity (Wildman–Crippen MR) is 90.7 cm³/mol. The Bertz CT molecular complexity index is 437. The number of piperazine rings is 1. The van der Waals surface area contributed by atoms with Crippen LogP contribution in [0.1, 0.15) is 38.2 Å². The highest BCUT2D eigenvalue weighted by Gasteiger charge is 2.34. The summed E-state index contributed by atoms with van der Waals surface area (Å²) in [6, 6.07) is 9.81. The SMILES string of the molecule is C[C@H]1CCCC[C@H]1[NH+]1CC[NH+](Cc2ccc(Br)cc2)CC1. The lowest BCUT2D eigenvalue weighted by molar-refractivity contribution is -1.03. The van der Waals surface area contributed by atoms with Gasteiger partial charge < -0.3 is 9.80 Å². The highest BCUT2D eigenvalue weighted by atomic mass is 79.9. The van der Waals surface area contributed by atoms with Crippen molar-refractivity contribution >= 4 is 15.9 Å². The van der Waals surface area contributed by atoms with Crippen LogP contribution in [0.15, 0.2) is 28.7 Å². The maximum absolute atomic E-state index is 3.52. The minimum Gasteiger partial charge on any atom is -0.323 e. The standard InChI is InChI=1S/C18H27BrN2/c1-15-4-2-3-5-18(15)21-12-10-20(11-13-21)14-16-6-8-17(19)9-7-16/h6-9,15,18H,2-5,10-14H2,1H3/p+2/t15-,18+/m0/s1. The van der Waals surface area contributed by atoms with E-state index in [0.717, 1.165) is 12.0 Å². The van der Waals surface area contributed by atoms with Gasteiger partial charge in [-0.15, -0.1) is 0 Å². The second-order valence-electron chi connectivity index (χ2n) is 7.08. The van der Waals surface area contributed by atoms with Crippen LogP contribution in [0.25, 0.3) is 0 Å². The van der Waals surface area contributed by atoms with Crippen molar-refractivity contribution in [1.82, 2.24) is 0 Å². The maximum Gasteiger partial charge on any atom is 0.127 e. The Labute approximate surface area is 137 Å². The summed E-state index contributed by atoms with van der Waals surface area (Å²) in [5, 5.41) is 0. The van der Waals surface area contributed by atoms with Gasteiger partial charge in [-0.25, -0.2) is 0 Å². The van der Waals surface area contributed by atoms with E-state index in [1.165, 1.54) is 68.4 Å². The molecular weight excluding hydrogens is 324 g/mol. The zero-order valence-corrected chi connectivity index (χ0v) is 14.8. The fourth-order valence-corrected chi connectivity index (χ4v) is 4.55. The number of hydrogen-bond donors (Lipinski definition) is 2. The molecule has 21 heavy (non-hydrogen) atoms. The quantitative estimate of drug-likeness (QED) is 0.811. The molecular formula is C18H29BrN2+2. The first-order valence-corrected chi connectivity index (χ1v) is 9.44. The number of halogens is 1. The number of rotatable bonds is 3. The van der Waals surface area contributed by atoms with Crippen molar-refractivity contribution < 1.29 is 9.80 Å². The second kappa shape index (κ2) is 7.26. The average Bonchev–Trinajstić information content (AvgIpc) is 2.51. The van der Waals surface area contributed by atoms with Crippen molar-refractivity contribution in [2.75, 3.05) is 26.2 Å². The second-order valence-corrected chi connectivity index (χ2v) is 8.00. The Morgan fingerprint density at radius 3 is 2.33 bits per heavy atom. The lowest BCUT2D eigenvalue weighted by Gasteiger charge is -2.39. The molecule has 1 saturated heterocycles. The summed E-state index contributed by atoms with van der Waals surface area (Å²) >= 11 is 3.52. The lowest BCUT2D eigenvalue weighted by atomic mass is 9.84. The molecule has 2 nitrogen and oxygen atoms in total. The van der Waals surface area contributed by atoms with Crippen molar-refractivity contribution in [3.63, 3.8) is 0 Å². The molecule has 2 fully saturated rings. The number of nitrogens with one attached hydrogen (secondary N) is 2. The van der Waals surface area contributed by atoms with Crippen LogP contribution in [0.3, 0.4) is 0 Å². The number of hydrogen-bond acceptors (Lipinski definition) is 0. The van der Waals surface area contributed by atoms with Gasteiger partial charge in [-0.1, -0.05) is 41.4 Å². The number of quaternary nitrogens is 2. The van der Waals surface area contributed by atoms with Gasteiger partial charge in [0, 0.05) is 16.0 Å². The highest BCUT2D eigenvalue weighted by Crippen LogP contribution is 2.21. The van der Waals surface area contributed by atoms with Gasteiger partial charge in [-0.05, 0) is 31.4 Å². The first-order valence-electron chi connectivity index (χ1n) is 8.65. The fraction of sp³-hybridized carbons (Fsp3) is 0.667. The summed E-state index contributed by atoms with van der Waals surface area (Å²) in [5.41, 5.74) is 1.47. The van der Waals surface area contributed by atoms with Gasteiger partial charge in [0.25, 0.3) is 0 Å². The van der Waals surface area contributed by atoms with E-state index in [0.29, 0.717) is 0 Å². The molecule has 2 aliphatic rings. The van der Waals surface area contributed by atoms with Crippen molar-refractivity contribution in [3.8, 4) is 0 Å². The zero-order chi connectivity index (χ0) is 14.7. The van der Waals surface area contributed by atoms with Gasteiger partial charge in [0.15, 0.2) is 0 Å². The van der Waals surface area contributed by atoms with Crippen LogP contribution in [-0.2, 0) is 6.54 Å². The third kappa shape index (κ3) is 4.08. The van der Waals surface area contributed by atoms with E-state index in [1.807, 2.05) is 4.90 Å². The van der Waals surface area contributed by atoms with Crippen LogP contribution >= 0.6 is 15.9 Å². The molecule has 1 heterocycles. The molecule has 1 aromatic carbocycles. The summed E-state index contributed by atoms with van der Waals surface area (Å²) in [5.74, 6) is 0.946. The Balaban J connectivity index is 1.49. The van der Waals surface area contributed by atoms with Gasteiger partial charge in [0.1, 0.15) is 32.7 Å². The summed E-state index contributed by atoms with van der Waals surface area (Å²) in [6.07, 6.45) is 5.86. The van der Waals surface area contributed by atoms with Gasteiger partial charge in [-0.2, -0.15) is 0 Å². The van der Waals surface area contributed by atoms with E-state index >= 15 is 0 Å². The Morgan fingerprint density at radius 1 is 1.00 bits per heavy atom. The molecule has 0 aromatic heterocycles. The molecule has 0 unspecified atom stereocenters. The van der Waals surface area contributed by atoms with Crippen molar-refractivity contribution in [1.29, 1.82) is 0 Å². The molecule has 0 amide bonds. The molecule has 0 spiro atoms. The molecule has 2 atom stereocenters. The van der Waals surface area contributed by atoms with Crippen LogP contribution in [0.2, 0.25) is 0 Å². The highest BCUT2D eigenvalue weighted by molar-refractivity contribution is 9.10. The van der Waals surface area contributed by atoms with Crippen molar-refractivity contribution in [2.45, 2.75) is 45.2 Å². The normalized spacial score (nSPS) is 33.8. The zero-order valence-electron chi connectivity index (χ0n) is 13.2. The molecule has 1 aromatic rings. The Hall–Kier alpha value is -0.380. The van der Waals surface area contributed by atoms with Gasteiger partial charge in [0.05, 0.1) is 6.04 Å². The van der Waals surface area contributed by atoms with Gasteiger partial charge in [-0.3, -0.25) is 0 Å². The summed E-state index contributed by atoms with van der Waals surface area (Å²) in [4.78, 5) is 3.67. The summed E-state index contributed by atoms with van der Waals surface area (Å²) < 4.78 is 1.18. The monoisotopic (exact) mass is 352 g/mol. The minimum atomic E-state index is 0.946. The smallest absolute Gasteiger partial charge is 0.127 e. The molecule has 0 bridgehead atoms. The maximum atomic E-state index is 3.52. The van der Waals surface area contributed by atoms with Crippen LogP contribution in [0, 0.1) is 5.92 Å². The summed E-state index contributed by atoms with van der Waals surface area (Å²) in [7, 11) is 0. The van der Waals surface area contributed by atoms with Crippen LogP contribution < -0.4 is 9.80 Å². The average molecular weight is 353 g/mol. The molecule has 3 heteroatoms. The third-order valence-corrected chi connectivity index (χ3v) is 6.13.